The molecule has 0 aromatic rings. The molecule has 12 heavy (non-hydrogen) atoms. The Morgan fingerprint density at radius 1 is 1.17 bits per heavy atom. The van der Waals surface area contributed by atoms with Crippen LogP contribution in [-0.4, -0.2) is 24.9 Å². The Bertz CT molecular complexity index is 139. The summed E-state index contributed by atoms with van der Waals surface area (Å²) in [5.41, 5.74) is 0. The maximum atomic E-state index is 11.4. The predicted molar refractivity (Wildman–Crippen MR) is 50.3 cm³/mol. The molecular formula is C9H20N2O. The fraction of sp³-hybridized carbons (Fsp3) is 0.889. The molecule has 1 amide bonds. The molecule has 0 aromatic carbocycles. The van der Waals surface area contributed by atoms with Crippen LogP contribution in [0.5, 0.6) is 0 Å². The van der Waals surface area contributed by atoms with E-state index in [0.29, 0.717) is 11.8 Å². The summed E-state index contributed by atoms with van der Waals surface area (Å²) in [4.78, 5) is 13.1. The van der Waals surface area contributed by atoms with Crippen LogP contribution < -0.4 is 6.15 Å². The van der Waals surface area contributed by atoms with Crippen molar-refractivity contribution < 1.29 is 4.79 Å². The second-order valence-corrected chi connectivity index (χ2v) is 3.57. The Labute approximate surface area is 74.7 Å². The average Bonchev–Trinajstić information content (AvgIpc) is 2.05. The molecule has 3 nitrogen and oxygen atoms in total. The van der Waals surface area contributed by atoms with E-state index in [9.17, 15) is 4.79 Å². The van der Waals surface area contributed by atoms with E-state index in [0.717, 1.165) is 12.8 Å². The van der Waals surface area contributed by atoms with Gasteiger partial charge in [-0.05, 0) is 12.8 Å². The van der Waals surface area contributed by atoms with Gasteiger partial charge < -0.3 is 11.1 Å². The van der Waals surface area contributed by atoms with E-state index in [2.05, 4.69) is 0 Å². The van der Waals surface area contributed by atoms with Crippen LogP contribution in [0.15, 0.2) is 0 Å². The maximum Gasteiger partial charge on any atom is 0.225 e. The third kappa shape index (κ3) is 2.81. The summed E-state index contributed by atoms with van der Waals surface area (Å²) in [6, 6.07) is 0. The Morgan fingerprint density at radius 3 is 2.08 bits per heavy atom. The molecule has 1 saturated carbocycles. The number of carbonyl (C=O) groups excluding carboxylic acids is 1. The van der Waals surface area contributed by atoms with Gasteiger partial charge in [0.1, 0.15) is 0 Å². The highest BCUT2D eigenvalue weighted by atomic mass is 16.2. The first-order valence-electron chi connectivity index (χ1n) is 4.43. The zero-order valence-electron chi connectivity index (χ0n) is 8.18. The first-order valence-corrected chi connectivity index (χ1v) is 4.43. The fourth-order valence-electron chi connectivity index (χ4n) is 1.71. The van der Waals surface area contributed by atoms with Crippen molar-refractivity contribution in [3.63, 3.8) is 0 Å². The van der Waals surface area contributed by atoms with Crippen molar-refractivity contribution in [2.75, 3.05) is 14.1 Å². The molecule has 3 heteroatoms. The number of rotatable bonds is 1. The van der Waals surface area contributed by atoms with Crippen LogP contribution in [0.2, 0.25) is 0 Å². The van der Waals surface area contributed by atoms with Gasteiger partial charge >= 0.3 is 0 Å². The molecule has 1 rings (SSSR count). The smallest absolute Gasteiger partial charge is 0.225 e. The highest BCUT2D eigenvalue weighted by molar-refractivity contribution is 5.78. The second kappa shape index (κ2) is 5.14. The Balaban J connectivity index is 0.00000121. The number of hydrogen-bond acceptors (Lipinski definition) is 2. The molecule has 0 heterocycles. The summed E-state index contributed by atoms with van der Waals surface area (Å²) in [6.07, 6.45) is 6.01. The summed E-state index contributed by atoms with van der Waals surface area (Å²) in [7, 11) is 3.69. The molecule has 0 bridgehead atoms. The van der Waals surface area contributed by atoms with Crippen LogP contribution in [0.3, 0.4) is 0 Å². The number of carbonyl (C=O) groups is 1. The molecular weight excluding hydrogens is 152 g/mol. The van der Waals surface area contributed by atoms with Crippen LogP contribution in [0.4, 0.5) is 0 Å². The number of nitrogens with zero attached hydrogens (tertiary/aromatic N) is 1. The highest BCUT2D eigenvalue weighted by Crippen LogP contribution is 2.24. The van der Waals surface area contributed by atoms with Crippen LogP contribution in [0.1, 0.15) is 32.1 Å². The summed E-state index contributed by atoms with van der Waals surface area (Å²) < 4.78 is 0. The Morgan fingerprint density at radius 2 is 1.67 bits per heavy atom. The standard InChI is InChI=1S/C9H17NO.H3N/c1-10(2)9(11)8-6-4-3-5-7-8;/h8H,3-7H2,1-2H3;1H3. The normalized spacial score (nSPS) is 18.2. The molecule has 0 unspecified atom stereocenters. The van der Waals surface area contributed by atoms with Gasteiger partial charge in [-0.2, -0.15) is 0 Å². The van der Waals surface area contributed by atoms with Crippen LogP contribution in [-0.2, 0) is 4.79 Å². The molecule has 3 N–H and O–H groups in total. The lowest BCUT2D eigenvalue weighted by Crippen LogP contribution is -2.30. The largest absolute Gasteiger partial charge is 0.349 e. The zero-order chi connectivity index (χ0) is 8.27. The Hall–Kier alpha value is -0.570. The van der Waals surface area contributed by atoms with Gasteiger partial charge in [0, 0.05) is 20.0 Å². The van der Waals surface area contributed by atoms with E-state index >= 15 is 0 Å². The molecule has 1 aliphatic carbocycles. The summed E-state index contributed by atoms with van der Waals surface area (Å²) in [6.45, 7) is 0. The minimum absolute atomic E-state index is 0. The lowest BCUT2D eigenvalue weighted by Gasteiger charge is -2.23. The van der Waals surface area contributed by atoms with Crippen molar-refractivity contribution in [1.29, 1.82) is 0 Å². The van der Waals surface area contributed by atoms with E-state index in [4.69, 9.17) is 0 Å². The molecule has 0 aromatic heterocycles. The second-order valence-electron chi connectivity index (χ2n) is 3.57. The van der Waals surface area contributed by atoms with Crippen LogP contribution in [0, 0.1) is 5.92 Å². The Kier molecular flexibility index (Phi) is 4.90. The highest BCUT2D eigenvalue weighted by Gasteiger charge is 2.21. The third-order valence-electron chi connectivity index (χ3n) is 2.40. The predicted octanol–water partition coefficient (Wildman–Crippen LogP) is 1.82. The number of amides is 1. The van der Waals surface area contributed by atoms with Gasteiger partial charge in [-0.3, -0.25) is 4.79 Å². The maximum absolute atomic E-state index is 11.4. The van der Waals surface area contributed by atoms with Crippen molar-refractivity contribution in [2.45, 2.75) is 32.1 Å². The van der Waals surface area contributed by atoms with E-state index in [1.165, 1.54) is 19.3 Å². The molecule has 1 fully saturated rings. The average molecular weight is 172 g/mol. The van der Waals surface area contributed by atoms with Gasteiger partial charge in [-0.1, -0.05) is 19.3 Å². The van der Waals surface area contributed by atoms with Crippen molar-refractivity contribution in [3.05, 3.63) is 0 Å². The van der Waals surface area contributed by atoms with E-state index in [-0.39, 0.29) is 6.15 Å². The van der Waals surface area contributed by atoms with Crippen LogP contribution in [0.25, 0.3) is 0 Å². The first kappa shape index (κ1) is 11.4. The number of hydrogen-bond donors (Lipinski definition) is 1. The lowest BCUT2D eigenvalue weighted by molar-refractivity contribution is -0.133. The molecule has 0 radical (unpaired) electrons. The van der Waals surface area contributed by atoms with Gasteiger partial charge in [0.25, 0.3) is 0 Å². The van der Waals surface area contributed by atoms with Crippen molar-refractivity contribution >= 4 is 5.91 Å². The quantitative estimate of drug-likeness (QED) is 0.656. The zero-order valence-corrected chi connectivity index (χ0v) is 8.18. The molecule has 0 spiro atoms. The molecule has 0 atom stereocenters. The fourth-order valence-corrected chi connectivity index (χ4v) is 1.71. The minimum atomic E-state index is 0. The molecule has 1 aliphatic rings. The molecule has 0 aliphatic heterocycles. The van der Waals surface area contributed by atoms with Gasteiger partial charge in [-0.15, -0.1) is 0 Å². The SMILES string of the molecule is CN(C)C(=O)C1CCCCC1.N. The van der Waals surface area contributed by atoms with E-state index < -0.39 is 0 Å². The topological polar surface area (TPSA) is 55.3 Å². The van der Waals surface area contributed by atoms with Gasteiger partial charge in [0.2, 0.25) is 5.91 Å². The van der Waals surface area contributed by atoms with Gasteiger partial charge in [-0.25, -0.2) is 0 Å². The lowest BCUT2D eigenvalue weighted by atomic mass is 9.88. The first-order chi connectivity index (χ1) is 5.22. The monoisotopic (exact) mass is 172 g/mol. The van der Waals surface area contributed by atoms with Crippen molar-refractivity contribution in [1.82, 2.24) is 11.1 Å². The molecule has 72 valence electrons. The van der Waals surface area contributed by atoms with Gasteiger partial charge in [0.15, 0.2) is 0 Å². The minimum Gasteiger partial charge on any atom is -0.349 e. The summed E-state index contributed by atoms with van der Waals surface area (Å²) >= 11 is 0. The van der Waals surface area contributed by atoms with Crippen molar-refractivity contribution in [3.8, 4) is 0 Å². The summed E-state index contributed by atoms with van der Waals surface area (Å²) in [5.74, 6) is 0.656. The molecule has 0 saturated heterocycles. The summed E-state index contributed by atoms with van der Waals surface area (Å²) in [5, 5.41) is 0. The third-order valence-corrected chi connectivity index (χ3v) is 2.40. The van der Waals surface area contributed by atoms with E-state index in [1.54, 1.807) is 4.90 Å². The van der Waals surface area contributed by atoms with Gasteiger partial charge in [0.05, 0.1) is 0 Å². The van der Waals surface area contributed by atoms with Crippen LogP contribution >= 0.6 is 0 Å². The van der Waals surface area contributed by atoms with Crippen molar-refractivity contribution in [2.24, 2.45) is 5.92 Å². The van der Waals surface area contributed by atoms with E-state index in [1.807, 2.05) is 14.1 Å².